The van der Waals surface area contributed by atoms with Crippen molar-refractivity contribution in [1.29, 1.82) is 0 Å². The van der Waals surface area contributed by atoms with E-state index in [0.717, 1.165) is 36.4 Å². The summed E-state index contributed by atoms with van der Waals surface area (Å²) in [5.41, 5.74) is 4.04. The van der Waals surface area contributed by atoms with Gasteiger partial charge >= 0.3 is 0 Å². The van der Waals surface area contributed by atoms with Gasteiger partial charge in [0.05, 0.1) is 5.92 Å². The molecule has 5 heteroatoms. The largest absolute Gasteiger partial charge is 0.372 e. The maximum Gasteiger partial charge on any atom is 0.229 e. The number of amides is 2. The van der Waals surface area contributed by atoms with Crippen LogP contribution in [0.25, 0.3) is 0 Å². The van der Waals surface area contributed by atoms with Crippen LogP contribution in [0.4, 0.5) is 17.1 Å². The van der Waals surface area contributed by atoms with Crippen LogP contribution in [0.15, 0.2) is 48.5 Å². The number of nitrogens with zero attached hydrogens (tertiary/aromatic N) is 2. The molecule has 1 atom stereocenters. The molecule has 5 nitrogen and oxygen atoms in total. The third kappa shape index (κ3) is 4.29. The number of hydrogen-bond donors (Lipinski definition) is 1. The zero-order valence-corrected chi connectivity index (χ0v) is 17.1. The number of hydrogen-bond acceptors (Lipinski definition) is 3. The fraction of sp³-hybridized carbons (Fsp3) is 0.417. The minimum absolute atomic E-state index is 0.0136. The van der Waals surface area contributed by atoms with Gasteiger partial charge in [0.1, 0.15) is 0 Å². The first-order valence-electron chi connectivity index (χ1n) is 10.7. The predicted molar refractivity (Wildman–Crippen MR) is 117 cm³/mol. The van der Waals surface area contributed by atoms with E-state index >= 15 is 0 Å². The van der Waals surface area contributed by atoms with E-state index in [9.17, 15) is 9.59 Å². The van der Waals surface area contributed by atoms with Gasteiger partial charge in [-0.25, -0.2) is 0 Å². The van der Waals surface area contributed by atoms with Crippen LogP contribution in [0.3, 0.4) is 0 Å². The summed E-state index contributed by atoms with van der Waals surface area (Å²) in [6, 6.07) is 16.0. The minimum Gasteiger partial charge on any atom is -0.372 e. The van der Waals surface area contributed by atoms with E-state index in [-0.39, 0.29) is 24.2 Å². The molecule has 152 valence electrons. The molecule has 2 aliphatic rings. The second kappa shape index (κ2) is 8.68. The van der Waals surface area contributed by atoms with Crippen molar-refractivity contribution in [3.8, 4) is 0 Å². The standard InChI is InChI=1S/C24H29N3O2/c1-2-18-8-4-5-9-22(18)25-24(29)19-16-23(28)27(17-19)21-12-10-20(11-13-21)26-14-6-3-7-15-26/h4-5,8-13,19H,2-3,6-7,14-17H2,1H3,(H,25,29). The molecule has 2 aromatic rings. The van der Waals surface area contributed by atoms with Crippen molar-refractivity contribution in [1.82, 2.24) is 0 Å². The van der Waals surface area contributed by atoms with Crippen LogP contribution >= 0.6 is 0 Å². The van der Waals surface area contributed by atoms with Crippen molar-refractivity contribution in [3.63, 3.8) is 0 Å². The molecule has 2 fully saturated rings. The van der Waals surface area contributed by atoms with Gasteiger partial charge in [0, 0.05) is 43.1 Å². The Kier molecular flexibility index (Phi) is 5.84. The van der Waals surface area contributed by atoms with E-state index in [0.29, 0.717) is 6.54 Å². The molecule has 0 aromatic heterocycles. The first kappa shape index (κ1) is 19.5. The van der Waals surface area contributed by atoms with E-state index in [4.69, 9.17) is 0 Å². The molecule has 29 heavy (non-hydrogen) atoms. The van der Waals surface area contributed by atoms with Gasteiger partial charge in [-0.3, -0.25) is 9.59 Å². The van der Waals surface area contributed by atoms with Crippen LogP contribution in [-0.4, -0.2) is 31.4 Å². The maximum absolute atomic E-state index is 12.8. The summed E-state index contributed by atoms with van der Waals surface area (Å²) in [6.07, 6.45) is 4.90. The number of aryl methyl sites for hydroxylation is 1. The third-order valence-electron chi connectivity index (χ3n) is 6.03. The first-order valence-corrected chi connectivity index (χ1v) is 10.7. The number of rotatable bonds is 5. The highest BCUT2D eigenvalue weighted by Crippen LogP contribution is 2.29. The lowest BCUT2D eigenvalue weighted by atomic mass is 10.1. The van der Waals surface area contributed by atoms with Crippen molar-refractivity contribution in [2.45, 2.75) is 39.0 Å². The lowest BCUT2D eigenvalue weighted by Gasteiger charge is -2.29. The Morgan fingerprint density at radius 2 is 1.69 bits per heavy atom. The summed E-state index contributed by atoms with van der Waals surface area (Å²) in [7, 11) is 0. The molecular weight excluding hydrogens is 362 g/mol. The van der Waals surface area contributed by atoms with Crippen LogP contribution in [0, 0.1) is 5.92 Å². The zero-order valence-electron chi connectivity index (χ0n) is 17.1. The summed E-state index contributed by atoms with van der Waals surface area (Å²) >= 11 is 0. The Balaban J connectivity index is 1.41. The smallest absolute Gasteiger partial charge is 0.229 e. The number of benzene rings is 2. The first-order chi connectivity index (χ1) is 14.2. The Labute approximate surface area is 172 Å². The molecule has 2 aliphatic heterocycles. The highest BCUT2D eigenvalue weighted by Gasteiger charge is 2.35. The molecule has 0 saturated carbocycles. The highest BCUT2D eigenvalue weighted by molar-refractivity contribution is 6.03. The fourth-order valence-corrected chi connectivity index (χ4v) is 4.31. The van der Waals surface area contributed by atoms with Crippen molar-refractivity contribution >= 4 is 28.9 Å². The number of carbonyl (C=O) groups is 2. The van der Waals surface area contributed by atoms with Crippen LogP contribution < -0.4 is 15.1 Å². The maximum atomic E-state index is 12.8. The van der Waals surface area contributed by atoms with E-state index < -0.39 is 0 Å². The summed E-state index contributed by atoms with van der Waals surface area (Å²) in [4.78, 5) is 29.5. The summed E-state index contributed by atoms with van der Waals surface area (Å²) < 4.78 is 0. The average Bonchev–Trinajstić information content (AvgIpc) is 3.16. The van der Waals surface area contributed by atoms with Crippen molar-refractivity contribution in [2.75, 3.05) is 34.8 Å². The van der Waals surface area contributed by atoms with E-state index in [2.05, 4.69) is 29.3 Å². The number of para-hydroxylation sites is 1. The summed E-state index contributed by atoms with van der Waals surface area (Å²) in [5.74, 6) is -0.388. The third-order valence-corrected chi connectivity index (χ3v) is 6.03. The Bertz CT molecular complexity index is 872. The lowest BCUT2D eigenvalue weighted by Crippen LogP contribution is -2.30. The van der Waals surface area contributed by atoms with Crippen LogP contribution in [0.2, 0.25) is 0 Å². The fourth-order valence-electron chi connectivity index (χ4n) is 4.31. The van der Waals surface area contributed by atoms with Gasteiger partial charge in [-0.15, -0.1) is 0 Å². The lowest BCUT2D eigenvalue weighted by molar-refractivity contribution is -0.122. The molecule has 4 rings (SSSR count). The Hall–Kier alpha value is -2.82. The van der Waals surface area contributed by atoms with E-state index in [1.54, 1.807) is 4.90 Å². The van der Waals surface area contributed by atoms with Crippen LogP contribution in [-0.2, 0) is 16.0 Å². The predicted octanol–water partition coefficient (Wildman–Crippen LogP) is 4.23. The van der Waals surface area contributed by atoms with Gasteiger partial charge in [-0.05, 0) is 61.6 Å². The molecule has 2 saturated heterocycles. The molecule has 0 bridgehead atoms. The summed E-state index contributed by atoms with van der Waals surface area (Å²) in [5, 5.41) is 3.02. The highest BCUT2D eigenvalue weighted by atomic mass is 16.2. The second-order valence-electron chi connectivity index (χ2n) is 7.97. The summed E-state index contributed by atoms with van der Waals surface area (Å²) in [6.45, 7) is 4.70. The molecule has 2 amide bonds. The molecule has 2 aromatic carbocycles. The molecule has 0 radical (unpaired) electrons. The molecule has 0 spiro atoms. The van der Waals surface area contributed by atoms with Crippen molar-refractivity contribution in [3.05, 3.63) is 54.1 Å². The Morgan fingerprint density at radius 1 is 1.00 bits per heavy atom. The van der Waals surface area contributed by atoms with E-state index in [1.165, 1.54) is 24.9 Å². The van der Waals surface area contributed by atoms with Gasteiger partial charge in [0.15, 0.2) is 0 Å². The number of carbonyl (C=O) groups excluding carboxylic acids is 2. The van der Waals surface area contributed by atoms with Gasteiger partial charge in [0.25, 0.3) is 0 Å². The zero-order chi connectivity index (χ0) is 20.2. The van der Waals surface area contributed by atoms with Gasteiger partial charge in [0.2, 0.25) is 11.8 Å². The minimum atomic E-state index is -0.325. The number of piperidine rings is 1. The average molecular weight is 392 g/mol. The normalized spacial score (nSPS) is 19.5. The number of nitrogens with one attached hydrogen (secondary N) is 1. The second-order valence-corrected chi connectivity index (χ2v) is 7.97. The number of anilines is 3. The van der Waals surface area contributed by atoms with E-state index in [1.807, 2.05) is 36.4 Å². The van der Waals surface area contributed by atoms with Gasteiger partial charge < -0.3 is 15.1 Å². The van der Waals surface area contributed by atoms with Gasteiger partial charge in [-0.1, -0.05) is 25.1 Å². The van der Waals surface area contributed by atoms with Crippen LogP contribution in [0.5, 0.6) is 0 Å². The molecule has 2 heterocycles. The topological polar surface area (TPSA) is 52.7 Å². The quantitative estimate of drug-likeness (QED) is 0.830. The molecule has 1 unspecified atom stereocenters. The van der Waals surface area contributed by atoms with Crippen LogP contribution in [0.1, 0.15) is 38.2 Å². The SMILES string of the molecule is CCc1ccccc1NC(=O)C1CC(=O)N(c2ccc(N3CCCCC3)cc2)C1. The Morgan fingerprint density at radius 3 is 2.41 bits per heavy atom. The molecular formula is C24H29N3O2. The molecule has 0 aliphatic carbocycles. The monoisotopic (exact) mass is 391 g/mol. The van der Waals surface area contributed by atoms with Gasteiger partial charge in [-0.2, -0.15) is 0 Å². The molecule has 1 N–H and O–H groups in total. The van der Waals surface area contributed by atoms with Crippen molar-refractivity contribution in [2.24, 2.45) is 5.92 Å². The van der Waals surface area contributed by atoms with Crippen molar-refractivity contribution < 1.29 is 9.59 Å².